The second kappa shape index (κ2) is 5.21. The maximum Gasteiger partial charge on any atom is 0.347 e. The van der Waals surface area contributed by atoms with Crippen LogP contribution < -0.4 is 5.11 Å². The van der Waals surface area contributed by atoms with Crippen molar-refractivity contribution in [2.24, 2.45) is 0 Å². The van der Waals surface area contributed by atoms with Crippen LogP contribution in [0.2, 0.25) is 0 Å². The fraction of sp³-hybridized carbons (Fsp3) is 0.625. The lowest BCUT2D eigenvalue weighted by atomic mass is 10.4. The van der Waals surface area contributed by atoms with Crippen molar-refractivity contribution < 1.29 is 29.0 Å². The van der Waals surface area contributed by atoms with Crippen molar-refractivity contribution in [1.29, 1.82) is 0 Å². The van der Waals surface area contributed by atoms with Crippen LogP contribution in [0, 0.1) is 0 Å². The van der Waals surface area contributed by atoms with Crippen LogP contribution in [0.25, 0.3) is 0 Å². The minimum absolute atomic E-state index is 0.643. The van der Waals surface area contributed by atoms with E-state index in [1.807, 2.05) is 0 Å². The molecule has 2 unspecified atom stereocenters. The van der Waals surface area contributed by atoms with Gasteiger partial charge in [-0.05, 0) is 13.8 Å². The number of hydrogen-bond acceptors (Lipinski definition) is 6. The Morgan fingerprint density at radius 3 is 1.93 bits per heavy atom. The molecule has 0 aromatic heterocycles. The van der Waals surface area contributed by atoms with E-state index in [1.54, 1.807) is 0 Å². The summed E-state index contributed by atoms with van der Waals surface area (Å²) in [7, 11) is 0. The fourth-order valence-corrected chi connectivity index (χ4v) is 0.615. The third-order valence-corrected chi connectivity index (χ3v) is 1.30. The van der Waals surface area contributed by atoms with Crippen molar-refractivity contribution in [3.63, 3.8) is 0 Å². The molecule has 0 N–H and O–H groups in total. The van der Waals surface area contributed by atoms with Gasteiger partial charge in [0.1, 0.15) is 6.10 Å². The summed E-state index contributed by atoms with van der Waals surface area (Å²) >= 11 is 0. The van der Waals surface area contributed by atoms with Gasteiger partial charge in [0.25, 0.3) is 0 Å². The van der Waals surface area contributed by atoms with E-state index in [0.717, 1.165) is 13.8 Å². The zero-order valence-electron chi connectivity index (χ0n) is 8.10. The largest absolute Gasteiger partial charge is 0.546 e. The van der Waals surface area contributed by atoms with Crippen LogP contribution in [0.15, 0.2) is 0 Å². The minimum Gasteiger partial charge on any atom is -0.546 e. The third kappa shape index (κ3) is 4.44. The molecule has 6 heteroatoms. The van der Waals surface area contributed by atoms with Gasteiger partial charge in [-0.3, -0.25) is 4.79 Å². The van der Waals surface area contributed by atoms with Gasteiger partial charge in [-0.2, -0.15) is 0 Å². The predicted molar refractivity (Wildman–Crippen MR) is 41.8 cm³/mol. The number of ether oxygens (including phenoxy) is 2. The molecule has 0 aliphatic rings. The number of carbonyl (C=O) groups excluding carboxylic acids is 3. The van der Waals surface area contributed by atoms with Crippen molar-refractivity contribution in [3.8, 4) is 0 Å². The number of carbonyl (C=O) groups is 3. The topological polar surface area (TPSA) is 92.7 Å². The molecule has 14 heavy (non-hydrogen) atoms. The number of carboxylic acid groups (broad SMARTS) is 1. The van der Waals surface area contributed by atoms with Crippen LogP contribution >= 0.6 is 0 Å². The summed E-state index contributed by atoms with van der Waals surface area (Å²) in [5.74, 6) is -3.07. The summed E-state index contributed by atoms with van der Waals surface area (Å²) in [6.07, 6.45) is -2.48. The van der Waals surface area contributed by atoms with Crippen LogP contribution in [0.4, 0.5) is 0 Å². The van der Waals surface area contributed by atoms with E-state index in [1.165, 1.54) is 6.92 Å². The van der Waals surface area contributed by atoms with Gasteiger partial charge >= 0.3 is 11.9 Å². The van der Waals surface area contributed by atoms with Gasteiger partial charge in [-0.1, -0.05) is 0 Å². The first kappa shape index (κ1) is 12.4. The molecule has 0 amide bonds. The average Bonchev–Trinajstić information content (AvgIpc) is 2.02. The summed E-state index contributed by atoms with van der Waals surface area (Å²) in [4.78, 5) is 31.6. The second-order valence-corrected chi connectivity index (χ2v) is 2.65. The summed E-state index contributed by atoms with van der Waals surface area (Å²) in [6, 6.07) is 0. The van der Waals surface area contributed by atoms with Gasteiger partial charge in [0.2, 0.25) is 0 Å². The second-order valence-electron chi connectivity index (χ2n) is 2.65. The molecule has 0 aromatic carbocycles. The van der Waals surface area contributed by atoms with Crippen LogP contribution in [-0.2, 0) is 23.9 Å². The van der Waals surface area contributed by atoms with Crippen molar-refractivity contribution >= 4 is 17.9 Å². The van der Waals surface area contributed by atoms with E-state index in [0.29, 0.717) is 0 Å². The smallest absolute Gasteiger partial charge is 0.347 e. The maximum atomic E-state index is 11.0. The third-order valence-electron chi connectivity index (χ3n) is 1.30. The van der Waals surface area contributed by atoms with Gasteiger partial charge < -0.3 is 19.4 Å². The van der Waals surface area contributed by atoms with E-state index >= 15 is 0 Å². The predicted octanol–water partition coefficient (Wildman–Crippen LogP) is -1.38. The lowest BCUT2D eigenvalue weighted by molar-refractivity contribution is -0.315. The highest BCUT2D eigenvalue weighted by Gasteiger charge is 2.20. The average molecular weight is 203 g/mol. The Morgan fingerprint density at radius 2 is 1.57 bits per heavy atom. The number of aliphatic carboxylic acids is 1. The first-order valence-corrected chi connectivity index (χ1v) is 3.93. The number of hydrogen-bond donors (Lipinski definition) is 0. The Labute approximate surface area is 80.8 Å². The van der Waals surface area contributed by atoms with E-state index in [-0.39, 0.29) is 0 Å². The Balaban J connectivity index is 4.07. The van der Waals surface area contributed by atoms with Crippen LogP contribution in [0.5, 0.6) is 0 Å². The summed E-state index contributed by atoms with van der Waals surface area (Å²) in [5.41, 5.74) is 0. The van der Waals surface area contributed by atoms with Gasteiger partial charge in [-0.25, -0.2) is 4.79 Å². The normalized spacial score (nSPS) is 13.9. The van der Waals surface area contributed by atoms with Crippen LogP contribution in [0.3, 0.4) is 0 Å². The molecular formula is C8H11O6-. The lowest BCUT2D eigenvalue weighted by Gasteiger charge is -2.16. The number of esters is 2. The number of carboxylic acids is 1. The lowest BCUT2D eigenvalue weighted by Crippen LogP contribution is -2.39. The van der Waals surface area contributed by atoms with Crippen LogP contribution in [-0.4, -0.2) is 30.1 Å². The zero-order chi connectivity index (χ0) is 11.3. The fourth-order valence-electron chi connectivity index (χ4n) is 0.615. The summed E-state index contributed by atoms with van der Waals surface area (Å²) in [6.45, 7) is 3.56. The molecule has 0 rings (SSSR count). The van der Waals surface area contributed by atoms with E-state index in [2.05, 4.69) is 9.47 Å². The zero-order valence-corrected chi connectivity index (χ0v) is 8.10. The molecule has 0 heterocycles. The minimum atomic E-state index is -1.51. The van der Waals surface area contributed by atoms with E-state index in [4.69, 9.17) is 0 Å². The van der Waals surface area contributed by atoms with E-state index < -0.39 is 30.1 Å². The Morgan fingerprint density at radius 1 is 1.07 bits per heavy atom. The molecule has 80 valence electrons. The van der Waals surface area contributed by atoms with Gasteiger partial charge in [0.05, 0.1) is 5.97 Å². The molecular weight excluding hydrogens is 192 g/mol. The molecule has 6 nitrogen and oxygen atoms in total. The highest BCUT2D eigenvalue weighted by molar-refractivity contribution is 5.81. The van der Waals surface area contributed by atoms with Crippen molar-refractivity contribution in [2.75, 3.05) is 0 Å². The molecule has 0 saturated carbocycles. The molecule has 0 bridgehead atoms. The summed E-state index contributed by atoms with van der Waals surface area (Å²) < 4.78 is 8.86. The van der Waals surface area contributed by atoms with E-state index in [9.17, 15) is 19.5 Å². The highest BCUT2D eigenvalue weighted by Crippen LogP contribution is 1.98. The van der Waals surface area contributed by atoms with Gasteiger partial charge in [-0.15, -0.1) is 0 Å². The molecule has 0 aliphatic carbocycles. The van der Waals surface area contributed by atoms with Crippen molar-refractivity contribution in [1.82, 2.24) is 0 Å². The van der Waals surface area contributed by atoms with Crippen LogP contribution in [0.1, 0.15) is 20.8 Å². The first-order chi connectivity index (χ1) is 6.34. The SMILES string of the molecule is CC(=O)OC(C)C(=O)OC(C)C(=O)[O-]. The van der Waals surface area contributed by atoms with Gasteiger partial charge in [0, 0.05) is 6.92 Å². The van der Waals surface area contributed by atoms with Crippen molar-refractivity contribution in [2.45, 2.75) is 33.0 Å². The van der Waals surface area contributed by atoms with Gasteiger partial charge in [0.15, 0.2) is 6.10 Å². The maximum absolute atomic E-state index is 11.0. The van der Waals surface area contributed by atoms with Crippen molar-refractivity contribution in [3.05, 3.63) is 0 Å². The molecule has 0 spiro atoms. The number of rotatable bonds is 4. The monoisotopic (exact) mass is 203 g/mol. The molecule has 0 aliphatic heterocycles. The molecule has 0 saturated heterocycles. The molecule has 0 radical (unpaired) electrons. The quantitative estimate of drug-likeness (QED) is 0.523. The highest BCUT2D eigenvalue weighted by atomic mass is 16.6. The summed E-state index contributed by atoms with van der Waals surface area (Å²) in [5, 5.41) is 10.2. The molecule has 0 aromatic rings. The standard InChI is InChI=1S/C8H12O6/c1-4(7(10)11)14-8(12)5(2)13-6(3)9/h4-5H,1-3H3,(H,10,11)/p-1. The Hall–Kier alpha value is -1.59. The molecule has 2 atom stereocenters. The Bertz CT molecular complexity index is 246. The Kier molecular flexibility index (Phi) is 4.62. The first-order valence-electron chi connectivity index (χ1n) is 3.93. The molecule has 0 fully saturated rings.